The number of aromatic nitrogens is 2. The van der Waals surface area contributed by atoms with Gasteiger partial charge >= 0.3 is 18.2 Å². The lowest BCUT2D eigenvalue weighted by Crippen LogP contribution is -2.39. The second-order valence-corrected chi connectivity index (χ2v) is 16.5. The van der Waals surface area contributed by atoms with E-state index in [4.69, 9.17) is 14.2 Å². The zero-order valence-electron chi connectivity index (χ0n) is 31.5. The predicted octanol–water partition coefficient (Wildman–Crippen LogP) is 8.07. The molecule has 0 spiro atoms. The summed E-state index contributed by atoms with van der Waals surface area (Å²) in [5, 5.41) is 0. The molecule has 1 saturated carbocycles. The van der Waals surface area contributed by atoms with Crippen LogP contribution in [0.2, 0.25) is 0 Å². The van der Waals surface area contributed by atoms with Gasteiger partial charge in [0.05, 0.1) is 17.9 Å². The van der Waals surface area contributed by atoms with E-state index in [-0.39, 0.29) is 49.0 Å². The Morgan fingerprint density at radius 2 is 1.60 bits per heavy atom. The summed E-state index contributed by atoms with van der Waals surface area (Å²) in [4.78, 5) is 62.6. The summed E-state index contributed by atoms with van der Waals surface area (Å²) in [6, 6.07) is 12.0. The van der Waals surface area contributed by atoms with Gasteiger partial charge < -0.3 is 24.1 Å². The number of hydrogen-bond acceptors (Lipinski definition) is 8. The number of nitrogens with one attached hydrogen (secondary N) is 1. The SMILES string of the molecule is CN(C(=O)OC(C)(C)C)[C@@H]1CC[C@H](CC(=O)OCC(=O)c2ccc3c(c2)CCc2cc(-c4cnc([C@@H]5CCCN5C(=O)OC(C)(C)C)[nH]4)ccc2-3)C1. The van der Waals surface area contributed by atoms with Crippen molar-refractivity contribution < 1.29 is 33.4 Å². The molecule has 11 nitrogen and oxygen atoms in total. The molecule has 1 N–H and O–H groups in total. The highest BCUT2D eigenvalue weighted by atomic mass is 16.6. The molecule has 3 aliphatic rings. The maximum atomic E-state index is 13.1. The number of Topliss-reactive ketones (excluding diaryl/α,β-unsaturated/α-hetero) is 1. The van der Waals surface area contributed by atoms with Crippen LogP contribution in [0, 0.1) is 5.92 Å². The molecule has 6 rings (SSSR count). The van der Waals surface area contributed by atoms with Crippen molar-refractivity contribution in [2.24, 2.45) is 5.92 Å². The first-order valence-electron chi connectivity index (χ1n) is 18.5. The zero-order valence-corrected chi connectivity index (χ0v) is 31.5. The molecule has 0 bridgehead atoms. The van der Waals surface area contributed by atoms with Crippen LogP contribution in [0.25, 0.3) is 22.4 Å². The number of esters is 1. The lowest BCUT2D eigenvalue weighted by molar-refractivity contribution is -0.143. The second-order valence-electron chi connectivity index (χ2n) is 16.5. The van der Waals surface area contributed by atoms with Crippen LogP contribution in [0.3, 0.4) is 0 Å². The summed E-state index contributed by atoms with van der Waals surface area (Å²) in [5.74, 6) is 0.238. The van der Waals surface area contributed by atoms with E-state index in [2.05, 4.69) is 28.2 Å². The quantitative estimate of drug-likeness (QED) is 0.141. The number of H-pyrrole nitrogens is 1. The minimum absolute atomic E-state index is 0.0140. The third-order valence-corrected chi connectivity index (χ3v) is 10.2. The van der Waals surface area contributed by atoms with Crippen molar-refractivity contribution in [2.45, 2.75) is 116 Å². The summed E-state index contributed by atoms with van der Waals surface area (Å²) in [5.41, 5.74) is 5.88. The Kier molecular flexibility index (Phi) is 10.5. The van der Waals surface area contributed by atoms with Gasteiger partial charge in [0.1, 0.15) is 17.0 Å². The van der Waals surface area contributed by atoms with Gasteiger partial charge in [0.25, 0.3) is 0 Å². The molecule has 2 amide bonds. The van der Waals surface area contributed by atoms with Gasteiger partial charge in [-0.1, -0.05) is 24.3 Å². The average Bonchev–Trinajstić information content (AvgIpc) is 3.86. The Bertz CT molecular complexity index is 1830. The standard InChI is InChI=1S/C41H52N4O7/c1-40(2,3)51-38(48)44(7)30-15-10-25(19-30)20-36(47)50-24-35(46)29-14-17-32-27(22-29)12-11-26-21-28(13-16-31(26)32)33-23-42-37(43-33)34-9-8-18-45(34)39(49)52-41(4,5)6/h13-14,16-17,21-23,25,30,34H,8-12,15,18-20,24H2,1-7H3,(H,42,43)/t25-,30+,34-/m0/s1. The lowest BCUT2D eigenvalue weighted by Gasteiger charge is -2.28. The van der Waals surface area contributed by atoms with Gasteiger partial charge in [-0.15, -0.1) is 0 Å². The fourth-order valence-electron chi connectivity index (χ4n) is 7.57. The van der Waals surface area contributed by atoms with Gasteiger partial charge in [-0.3, -0.25) is 14.5 Å². The van der Waals surface area contributed by atoms with Crippen LogP contribution in [-0.4, -0.2) is 81.2 Å². The Hall–Kier alpha value is -4.67. The van der Waals surface area contributed by atoms with Gasteiger partial charge in [0.2, 0.25) is 0 Å². The van der Waals surface area contributed by atoms with E-state index in [9.17, 15) is 19.2 Å². The first-order valence-corrected chi connectivity index (χ1v) is 18.5. The topological polar surface area (TPSA) is 131 Å². The number of aromatic amines is 1. The van der Waals surface area contributed by atoms with Crippen LogP contribution < -0.4 is 0 Å². The van der Waals surface area contributed by atoms with Gasteiger partial charge in [-0.05, 0) is 132 Å². The molecule has 2 fully saturated rings. The Morgan fingerprint density at radius 3 is 2.31 bits per heavy atom. The number of carbonyl (C=O) groups excluding carboxylic acids is 4. The van der Waals surface area contributed by atoms with Crippen LogP contribution in [0.4, 0.5) is 9.59 Å². The third kappa shape index (κ3) is 8.68. The molecule has 1 aliphatic heterocycles. The first kappa shape index (κ1) is 37.1. The number of amides is 2. The van der Waals surface area contributed by atoms with Crippen molar-refractivity contribution in [3.63, 3.8) is 0 Å². The average molecular weight is 713 g/mol. The minimum Gasteiger partial charge on any atom is -0.457 e. The smallest absolute Gasteiger partial charge is 0.410 e. The maximum absolute atomic E-state index is 13.1. The Balaban J connectivity index is 1.03. The molecule has 2 heterocycles. The molecule has 3 aromatic rings. The number of ether oxygens (including phenoxy) is 3. The number of ketones is 1. The molecule has 2 aromatic carbocycles. The Labute approximate surface area is 306 Å². The molecule has 1 aromatic heterocycles. The molecular weight excluding hydrogens is 660 g/mol. The third-order valence-electron chi connectivity index (χ3n) is 10.2. The molecule has 0 radical (unpaired) electrons. The highest BCUT2D eigenvalue weighted by Crippen LogP contribution is 2.38. The van der Waals surface area contributed by atoms with E-state index in [0.29, 0.717) is 18.5 Å². The molecule has 3 atom stereocenters. The van der Waals surface area contributed by atoms with Crippen molar-refractivity contribution in [2.75, 3.05) is 20.2 Å². The van der Waals surface area contributed by atoms with Crippen molar-refractivity contribution in [1.82, 2.24) is 19.8 Å². The van der Waals surface area contributed by atoms with E-state index in [1.54, 1.807) is 16.8 Å². The number of likely N-dealkylation sites (tertiary alicyclic amines) is 1. The van der Waals surface area contributed by atoms with Crippen LogP contribution >= 0.6 is 0 Å². The molecule has 11 heteroatoms. The zero-order chi connectivity index (χ0) is 37.4. The number of hydrogen-bond donors (Lipinski definition) is 1. The van der Waals surface area contributed by atoms with Gasteiger partial charge in [-0.2, -0.15) is 0 Å². The van der Waals surface area contributed by atoms with Crippen molar-refractivity contribution in [3.8, 4) is 22.4 Å². The molecular formula is C41H52N4O7. The summed E-state index contributed by atoms with van der Waals surface area (Å²) in [6.45, 7) is 11.5. The molecule has 2 aliphatic carbocycles. The summed E-state index contributed by atoms with van der Waals surface area (Å²) in [7, 11) is 1.74. The maximum Gasteiger partial charge on any atom is 0.410 e. The Morgan fingerprint density at radius 1 is 0.904 bits per heavy atom. The van der Waals surface area contributed by atoms with Crippen LogP contribution in [0.5, 0.6) is 0 Å². The number of rotatable bonds is 8. The lowest BCUT2D eigenvalue weighted by atomic mass is 9.83. The van der Waals surface area contributed by atoms with E-state index in [1.807, 2.05) is 65.9 Å². The fraction of sp³-hybridized carbons (Fsp3) is 0.537. The predicted molar refractivity (Wildman–Crippen MR) is 197 cm³/mol. The number of carbonyl (C=O) groups is 4. The summed E-state index contributed by atoms with van der Waals surface area (Å²) in [6.07, 6.45) is 7.03. The van der Waals surface area contributed by atoms with Gasteiger partial charge in [-0.25, -0.2) is 14.6 Å². The van der Waals surface area contributed by atoms with Crippen molar-refractivity contribution >= 4 is 23.9 Å². The highest BCUT2D eigenvalue weighted by Gasteiger charge is 2.36. The number of fused-ring (bicyclic) bond motifs is 3. The van der Waals surface area contributed by atoms with Crippen LogP contribution in [-0.2, 0) is 31.8 Å². The number of benzene rings is 2. The highest BCUT2D eigenvalue weighted by molar-refractivity contribution is 5.99. The molecule has 278 valence electrons. The van der Waals surface area contributed by atoms with E-state index in [0.717, 1.165) is 72.3 Å². The number of nitrogens with zero attached hydrogens (tertiary/aromatic N) is 3. The van der Waals surface area contributed by atoms with Gasteiger partial charge in [0, 0.05) is 31.6 Å². The van der Waals surface area contributed by atoms with E-state index < -0.39 is 17.2 Å². The summed E-state index contributed by atoms with van der Waals surface area (Å²) >= 11 is 0. The second kappa shape index (κ2) is 14.8. The van der Waals surface area contributed by atoms with Crippen LogP contribution in [0.1, 0.15) is 113 Å². The van der Waals surface area contributed by atoms with Crippen molar-refractivity contribution in [1.29, 1.82) is 0 Å². The van der Waals surface area contributed by atoms with E-state index >= 15 is 0 Å². The monoisotopic (exact) mass is 712 g/mol. The first-order chi connectivity index (χ1) is 24.5. The minimum atomic E-state index is -0.565. The summed E-state index contributed by atoms with van der Waals surface area (Å²) < 4.78 is 16.6. The number of aryl methyl sites for hydroxylation is 2. The van der Waals surface area contributed by atoms with E-state index in [1.165, 1.54) is 5.56 Å². The molecule has 0 unspecified atom stereocenters. The molecule has 1 saturated heterocycles. The van der Waals surface area contributed by atoms with Gasteiger partial charge in [0.15, 0.2) is 12.4 Å². The van der Waals surface area contributed by atoms with Crippen LogP contribution in [0.15, 0.2) is 42.6 Å². The number of imidazole rings is 1. The largest absolute Gasteiger partial charge is 0.457 e. The van der Waals surface area contributed by atoms with Crippen molar-refractivity contribution in [3.05, 3.63) is 65.1 Å². The molecule has 52 heavy (non-hydrogen) atoms. The normalized spacial score (nSPS) is 19.8. The fourth-order valence-corrected chi connectivity index (χ4v) is 7.57.